The van der Waals surface area contributed by atoms with Gasteiger partial charge in [-0.15, -0.1) is 0 Å². The largest absolute Gasteiger partial charge is 0.319 e. The molecule has 3 nitrogen and oxygen atoms in total. The minimum absolute atomic E-state index is 0.436. The van der Waals surface area contributed by atoms with Crippen LogP contribution in [0.5, 0.6) is 0 Å². The lowest BCUT2D eigenvalue weighted by Gasteiger charge is -2.46. The van der Waals surface area contributed by atoms with Crippen molar-refractivity contribution in [1.82, 2.24) is 15.1 Å². The van der Waals surface area contributed by atoms with Gasteiger partial charge in [0, 0.05) is 38.8 Å². The van der Waals surface area contributed by atoms with Gasteiger partial charge in [-0.05, 0) is 38.3 Å². The normalized spacial score (nSPS) is 29.8. The average Bonchev–Trinajstić information content (AvgIpc) is 2.39. The third kappa shape index (κ3) is 3.46. The second kappa shape index (κ2) is 6.36. The Balaban J connectivity index is 1.86. The highest BCUT2D eigenvalue weighted by atomic mass is 15.3. The summed E-state index contributed by atoms with van der Waals surface area (Å²) in [5.41, 5.74) is 0.436. The molecule has 2 unspecified atom stereocenters. The monoisotopic (exact) mass is 253 g/mol. The van der Waals surface area contributed by atoms with E-state index in [9.17, 15) is 0 Å². The Labute approximate surface area is 113 Å². The molecular weight excluding hydrogens is 222 g/mol. The highest BCUT2D eigenvalue weighted by molar-refractivity contribution is 4.88. The zero-order chi connectivity index (χ0) is 13.0. The Bertz CT molecular complexity index is 256. The molecule has 0 bridgehead atoms. The van der Waals surface area contributed by atoms with E-state index in [2.05, 4.69) is 36.0 Å². The molecule has 0 aromatic rings. The minimum Gasteiger partial charge on any atom is -0.319 e. The number of rotatable bonds is 5. The maximum absolute atomic E-state index is 3.37. The first kappa shape index (κ1) is 14.3. The number of piperidine rings is 1. The van der Waals surface area contributed by atoms with Crippen molar-refractivity contribution >= 4 is 0 Å². The second-order valence-corrected chi connectivity index (χ2v) is 6.62. The Kier molecular flexibility index (Phi) is 5.05. The summed E-state index contributed by atoms with van der Waals surface area (Å²) < 4.78 is 0. The molecule has 0 aliphatic carbocycles. The molecular formula is C15H31N3. The van der Waals surface area contributed by atoms with Crippen molar-refractivity contribution in [2.75, 3.05) is 46.3 Å². The third-order valence-corrected chi connectivity index (χ3v) is 4.98. The van der Waals surface area contributed by atoms with Crippen molar-refractivity contribution in [1.29, 1.82) is 0 Å². The van der Waals surface area contributed by atoms with Crippen molar-refractivity contribution in [3.8, 4) is 0 Å². The zero-order valence-electron chi connectivity index (χ0n) is 12.5. The van der Waals surface area contributed by atoms with Gasteiger partial charge in [-0.3, -0.25) is 9.80 Å². The standard InChI is InChI=1S/C15H31N3/c1-4-15(2,12-16-3)13-17-9-10-18-8-6-5-7-14(18)11-17/h14,16H,4-13H2,1-3H3. The van der Waals surface area contributed by atoms with Gasteiger partial charge in [-0.1, -0.05) is 20.3 Å². The Morgan fingerprint density at radius 3 is 2.78 bits per heavy atom. The molecule has 0 aromatic carbocycles. The highest BCUT2D eigenvalue weighted by Gasteiger charge is 2.32. The Hall–Kier alpha value is -0.120. The van der Waals surface area contributed by atoms with Crippen LogP contribution in [0.3, 0.4) is 0 Å². The second-order valence-electron chi connectivity index (χ2n) is 6.62. The molecule has 106 valence electrons. The summed E-state index contributed by atoms with van der Waals surface area (Å²) in [4.78, 5) is 5.44. The summed E-state index contributed by atoms with van der Waals surface area (Å²) in [5, 5.41) is 3.37. The molecule has 2 saturated heterocycles. The van der Waals surface area contributed by atoms with Crippen molar-refractivity contribution in [2.45, 2.75) is 45.6 Å². The fourth-order valence-corrected chi connectivity index (χ4v) is 3.62. The van der Waals surface area contributed by atoms with Gasteiger partial charge >= 0.3 is 0 Å². The van der Waals surface area contributed by atoms with E-state index in [1.807, 2.05) is 0 Å². The van der Waals surface area contributed by atoms with Gasteiger partial charge in [0.05, 0.1) is 0 Å². The van der Waals surface area contributed by atoms with Gasteiger partial charge in [0.15, 0.2) is 0 Å². The molecule has 0 saturated carbocycles. The van der Waals surface area contributed by atoms with E-state index in [0.29, 0.717) is 5.41 Å². The predicted octanol–water partition coefficient (Wildman–Crippen LogP) is 1.79. The summed E-state index contributed by atoms with van der Waals surface area (Å²) in [7, 11) is 2.08. The third-order valence-electron chi connectivity index (χ3n) is 4.98. The number of nitrogens with zero attached hydrogens (tertiary/aromatic N) is 2. The van der Waals surface area contributed by atoms with Crippen molar-refractivity contribution in [3.05, 3.63) is 0 Å². The van der Waals surface area contributed by atoms with Crippen molar-refractivity contribution < 1.29 is 0 Å². The molecule has 0 amide bonds. The van der Waals surface area contributed by atoms with Crippen LogP contribution in [0.1, 0.15) is 39.5 Å². The van der Waals surface area contributed by atoms with E-state index in [4.69, 9.17) is 0 Å². The maximum Gasteiger partial charge on any atom is 0.0223 e. The summed E-state index contributed by atoms with van der Waals surface area (Å²) in [6.07, 6.45) is 5.55. The fraction of sp³-hybridized carbons (Fsp3) is 1.00. The van der Waals surface area contributed by atoms with E-state index in [-0.39, 0.29) is 0 Å². The van der Waals surface area contributed by atoms with Crippen molar-refractivity contribution in [2.24, 2.45) is 5.41 Å². The minimum atomic E-state index is 0.436. The van der Waals surface area contributed by atoms with Gasteiger partial charge in [-0.2, -0.15) is 0 Å². The van der Waals surface area contributed by atoms with E-state index < -0.39 is 0 Å². The van der Waals surface area contributed by atoms with Gasteiger partial charge < -0.3 is 5.32 Å². The van der Waals surface area contributed by atoms with Crippen LogP contribution in [0, 0.1) is 5.41 Å². The molecule has 0 aromatic heterocycles. The van der Waals surface area contributed by atoms with Crippen molar-refractivity contribution in [3.63, 3.8) is 0 Å². The van der Waals surface area contributed by atoms with Crippen LogP contribution in [0.25, 0.3) is 0 Å². The van der Waals surface area contributed by atoms with E-state index in [1.54, 1.807) is 0 Å². The Morgan fingerprint density at radius 1 is 1.22 bits per heavy atom. The molecule has 18 heavy (non-hydrogen) atoms. The van der Waals surface area contributed by atoms with E-state index in [1.165, 1.54) is 58.4 Å². The smallest absolute Gasteiger partial charge is 0.0223 e. The molecule has 3 heteroatoms. The first-order valence-corrected chi connectivity index (χ1v) is 7.78. The van der Waals surface area contributed by atoms with E-state index in [0.717, 1.165) is 12.6 Å². The summed E-state index contributed by atoms with van der Waals surface area (Å²) >= 11 is 0. The fourth-order valence-electron chi connectivity index (χ4n) is 3.62. The SMILES string of the molecule is CCC(C)(CNC)CN1CCN2CCCCC2C1. The number of hydrogen-bond acceptors (Lipinski definition) is 3. The molecule has 2 rings (SSSR count). The van der Waals surface area contributed by atoms with Crippen LogP contribution < -0.4 is 5.32 Å². The molecule has 2 heterocycles. The quantitative estimate of drug-likeness (QED) is 0.806. The molecule has 2 aliphatic rings. The molecule has 0 radical (unpaired) electrons. The number of fused-ring (bicyclic) bond motifs is 1. The van der Waals surface area contributed by atoms with Crippen LogP contribution in [-0.2, 0) is 0 Å². The Morgan fingerprint density at radius 2 is 2.06 bits per heavy atom. The van der Waals surface area contributed by atoms with E-state index >= 15 is 0 Å². The summed E-state index contributed by atoms with van der Waals surface area (Å²) in [5.74, 6) is 0. The van der Waals surface area contributed by atoms with Gasteiger partial charge in [0.2, 0.25) is 0 Å². The predicted molar refractivity (Wildman–Crippen MR) is 78.0 cm³/mol. The van der Waals surface area contributed by atoms with Crippen LogP contribution in [0.2, 0.25) is 0 Å². The lowest BCUT2D eigenvalue weighted by Crippen LogP contribution is -2.56. The molecule has 0 spiro atoms. The number of hydrogen-bond donors (Lipinski definition) is 1. The first-order chi connectivity index (χ1) is 8.67. The zero-order valence-corrected chi connectivity index (χ0v) is 12.5. The number of piperazine rings is 1. The number of nitrogens with one attached hydrogen (secondary N) is 1. The molecule has 1 N–H and O–H groups in total. The van der Waals surface area contributed by atoms with Crippen LogP contribution >= 0.6 is 0 Å². The highest BCUT2D eigenvalue weighted by Crippen LogP contribution is 2.26. The van der Waals surface area contributed by atoms with Crippen LogP contribution in [-0.4, -0.2) is 62.2 Å². The molecule has 2 aliphatic heterocycles. The van der Waals surface area contributed by atoms with Gasteiger partial charge in [0.25, 0.3) is 0 Å². The first-order valence-electron chi connectivity index (χ1n) is 7.78. The van der Waals surface area contributed by atoms with Gasteiger partial charge in [-0.25, -0.2) is 0 Å². The topological polar surface area (TPSA) is 18.5 Å². The van der Waals surface area contributed by atoms with Gasteiger partial charge in [0.1, 0.15) is 0 Å². The lowest BCUT2D eigenvalue weighted by molar-refractivity contribution is 0.0282. The van der Waals surface area contributed by atoms with Crippen LogP contribution in [0.15, 0.2) is 0 Å². The summed E-state index contributed by atoms with van der Waals surface area (Å²) in [6, 6.07) is 0.850. The summed E-state index contributed by atoms with van der Waals surface area (Å²) in [6.45, 7) is 12.4. The average molecular weight is 253 g/mol. The molecule has 2 fully saturated rings. The molecule has 2 atom stereocenters. The maximum atomic E-state index is 3.37. The van der Waals surface area contributed by atoms with Crippen LogP contribution in [0.4, 0.5) is 0 Å². The lowest BCUT2D eigenvalue weighted by atomic mass is 9.86.